The lowest BCUT2D eigenvalue weighted by atomic mass is 10.1. The molecule has 0 unspecified atom stereocenters. The Labute approximate surface area is 107 Å². The molecule has 2 N–H and O–H groups in total. The fourth-order valence-corrected chi connectivity index (χ4v) is 2.07. The molecule has 3 nitrogen and oxygen atoms in total. The van der Waals surface area contributed by atoms with Crippen molar-refractivity contribution in [3.63, 3.8) is 0 Å². The Balaban J connectivity index is 2.44. The molecule has 0 fully saturated rings. The predicted molar refractivity (Wildman–Crippen MR) is 72.8 cm³/mol. The quantitative estimate of drug-likeness (QED) is 0.866. The van der Waals surface area contributed by atoms with E-state index >= 15 is 0 Å². The van der Waals surface area contributed by atoms with Crippen LogP contribution in [0.2, 0.25) is 0 Å². The first kappa shape index (κ1) is 12.6. The molecule has 0 atom stereocenters. The molecule has 0 saturated carbocycles. The summed E-state index contributed by atoms with van der Waals surface area (Å²) in [6.07, 6.45) is 0. The van der Waals surface area contributed by atoms with Gasteiger partial charge in [-0.1, -0.05) is 36.4 Å². The normalized spacial score (nSPS) is 10.4. The largest absolute Gasteiger partial charge is 0.392 e. The van der Waals surface area contributed by atoms with Crippen LogP contribution >= 0.6 is 0 Å². The van der Waals surface area contributed by atoms with Gasteiger partial charge in [-0.15, -0.1) is 0 Å². The molecule has 0 amide bonds. The predicted octanol–water partition coefficient (Wildman–Crippen LogP) is 2.44. The summed E-state index contributed by atoms with van der Waals surface area (Å²) < 4.78 is 0. The number of hydrogen-bond donors (Lipinski definition) is 2. The molecule has 0 heterocycles. The third-order valence-electron chi connectivity index (χ3n) is 3.05. The minimum absolute atomic E-state index is 0.00179. The molecular weight excluding hydrogens is 226 g/mol. The summed E-state index contributed by atoms with van der Waals surface area (Å²) in [5, 5.41) is 18.7. The van der Waals surface area contributed by atoms with Gasteiger partial charge in [-0.05, 0) is 12.1 Å². The zero-order valence-electron chi connectivity index (χ0n) is 10.4. The fraction of sp³-hybridized carbons (Fsp3) is 0.200. The molecule has 0 saturated heterocycles. The van der Waals surface area contributed by atoms with E-state index in [4.69, 9.17) is 0 Å². The maximum absolute atomic E-state index is 9.36. The molecule has 0 bridgehead atoms. The van der Waals surface area contributed by atoms with Crippen LogP contribution in [0, 0.1) is 0 Å². The zero-order chi connectivity index (χ0) is 13.0. The second kappa shape index (κ2) is 5.67. The lowest BCUT2D eigenvalue weighted by molar-refractivity contribution is 0.281. The minimum Gasteiger partial charge on any atom is -0.392 e. The van der Waals surface area contributed by atoms with E-state index in [-0.39, 0.29) is 13.2 Å². The Hall–Kier alpha value is -1.84. The van der Waals surface area contributed by atoms with E-state index in [0.29, 0.717) is 0 Å². The van der Waals surface area contributed by atoms with Crippen LogP contribution in [0.1, 0.15) is 11.1 Å². The second-order valence-corrected chi connectivity index (χ2v) is 4.13. The van der Waals surface area contributed by atoms with E-state index in [2.05, 4.69) is 0 Å². The summed E-state index contributed by atoms with van der Waals surface area (Å²) >= 11 is 0. The van der Waals surface area contributed by atoms with Gasteiger partial charge in [0.05, 0.1) is 13.2 Å². The molecule has 0 spiro atoms. The van der Waals surface area contributed by atoms with Crippen LogP contribution in [0.15, 0.2) is 48.5 Å². The first-order chi connectivity index (χ1) is 8.77. The number of aliphatic hydroxyl groups excluding tert-OH is 2. The van der Waals surface area contributed by atoms with Gasteiger partial charge in [0, 0.05) is 29.5 Å². The van der Waals surface area contributed by atoms with E-state index in [9.17, 15) is 10.2 Å². The molecule has 0 aliphatic rings. The lowest BCUT2D eigenvalue weighted by Gasteiger charge is -2.24. The van der Waals surface area contributed by atoms with Crippen molar-refractivity contribution in [2.45, 2.75) is 13.2 Å². The van der Waals surface area contributed by atoms with Gasteiger partial charge in [0.15, 0.2) is 0 Å². The Morgan fingerprint density at radius 1 is 0.778 bits per heavy atom. The van der Waals surface area contributed by atoms with E-state index in [1.54, 1.807) is 0 Å². The van der Waals surface area contributed by atoms with Crippen molar-refractivity contribution in [3.05, 3.63) is 59.7 Å². The lowest BCUT2D eigenvalue weighted by Crippen LogP contribution is -2.13. The van der Waals surface area contributed by atoms with E-state index in [1.807, 2.05) is 60.5 Å². The van der Waals surface area contributed by atoms with Crippen molar-refractivity contribution in [2.75, 3.05) is 11.9 Å². The van der Waals surface area contributed by atoms with Crippen molar-refractivity contribution in [3.8, 4) is 0 Å². The monoisotopic (exact) mass is 243 g/mol. The van der Waals surface area contributed by atoms with Crippen molar-refractivity contribution >= 4 is 11.4 Å². The highest BCUT2D eigenvalue weighted by Gasteiger charge is 2.11. The molecule has 0 aromatic heterocycles. The number of hydrogen-bond acceptors (Lipinski definition) is 3. The topological polar surface area (TPSA) is 43.7 Å². The van der Waals surface area contributed by atoms with Crippen molar-refractivity contribution < 1.29 is 10.2 Å². The maximum atomic E-state index is 9.36. The molecule has 3 heteroatoms. The average Bonchev–Trinajstić information content (AvgIpc) is 2.46. The highest BCUT2D eigenvalue weighted by molar-refractivity contribution is 5.68. The van der Waals surface area contributed by atoms with Crippen LogP contribution < -0.4 is 4.90 Å². The van der Waals surface area contributed by atoms with Crippen molar-refractivity contribution in [1.82, 2.24) is 0 Å². The van der Waals surface area contributed by atoms with Crippen LogP contribution in [0.3, 0.4) is 0 Å². The summed E-state index contributed by atoms with van der Waals surface area (Å²) in [6, 6.07) is 15.4. The van der Waals surface area contributed by atoms with Crippen LogP contribution in [-0.4, -0.2) is 17.3 Å². The number of aliphatic hydroxyl groups is 2. The van der Waals surface area contributed by atoms with Gasteiger partial charge < -0.3 is 15.1 Å². The summed E-state index contributed by atoms with van der Waals surface area (Å²) in [5.41, 5.74) is 3.63. The highest BCUT2D eigenvalue weighted by Crippen LogP contribution is 2.29. The Bertz CT molecular complexity index is 478. The van der Waals surface area contributed by atoms with E-state index in [1.165, 1.54) is 0 Å². The molecule has 18 heavy (non-hydrogen) atoms. The maximum Gasteiger partial charge on any atom is 0.0702 e. The molecule has 0 aliphatic carbocycles. The van der Waals surface area contributed by atoms with Crippen LogP contribution in [0.5, 0.6) is 0 Å². The van der Waals surface area contributed by atoms with Gasteiger partial charge >= 0.3 is 0 Å². The number of nitrogens with zero attached hydrogens (tertiary/aromatic N) is 1. The molecule has 2 rings (SSSR count). The van der Waals surface area contributed by atoms with Crippen molar-refractivity contribution in [2.24, 2.45) is 0 Å². The molecular formula is C15H17NO2. The minimum atomic E-state index is 0.00179. The van der Waals surface area contributed by atoms with Gasteiger partial charge in [-0.25, -0.2) is 0 Å². The summed E-state index contributed by atoms with van der Waals surface area (Å²) in [7, 11) is 1.93. The first-order valence-electron chi connectivity index (χ1n) is 5.89. The second-order valence-electron chi connectivity index (χ2n) is 4.13. The SMILES string of the molecule is CN(c1ccccc1CO)c1ccccc1CO. The molecule has 2 aromatic carbocycles. The molecule has 0 aliphatic heterocycles. The summed E-state index contributed by atoms with van der Waals surface area (Å²) in [5.74, 6) is 0. The third kappa shape index (κ3) is 2.37. The Morgan fingerprint density at radius 2 is 1.17 bits per heavy atom. The van der Waals surface area contributed by atoms with Gasteiger partial charge in [0.25, 0.3) is 0 Å². The van der Waals surface area contributed by atoms with Crippen molar-refractivity contribution in [1.29, 1.82) is 0 Å². The zero-order valence-corrected chi connectivity index (χ0v) is 10.4. The number of para-hydroxylation sites is 2. The number of anilines is 2. The summed E-state index contributed by atoms with van der Waals surface area (Å²) in [4.78, 5) is 1.98. The van der Waals surface area contributed by atoms with Gasteiger partial charge in [0.1, 0.15) is 0 Å². The van der Waals surface area contributed by atoms with Crippen LogP contribution in [0.4, 0.5) is 11.4 Å². The first-order valence-corrected chi connectivity index (χ1v) is 5.89. The number of benzene rings is 2. The fourth-order valence-electron chi connectivity index (χ4n) is 2.07. The average molecular weight is 243 g/mol. The third-order valence-corrected chi connectivity index (χ3v) is 3.05. The molecule has 94 valence electrons. The Morgan fingerprint density at radius 3 is 1.56 bits per heavy atom. The van der Waals surface area contributed by atoms with Crippen LogP contribution in [-0.2, 0) is 13.2 Å². The standard InChI is InChI=1S/C15H17NO2/c1-16(14-8-4-2-6-12(14)10-17)15-9-5-3-7-13(15)11-18/h2-9,17-18H,10-11H2,1H3. The highest BCUT2D eigenvalue weighted by atomic mass is 16.3. The Kier molecular flexibility index (Phi) is 3.97. The molecule has 2 aromatic rings. The number of rotatable bonds is 4. The van der Waals surface area contributed by atoms with Crippen LogP contribution in [0.25, 0.3) is 0 Å². The van der Waals surface area contributed by atoms with E-state index < -0.39 is 0 Å². The molecule has 0 radical (unpaired) electrons. The van der Waals surface area contributed by atoms with E-state index in [0.717, 1.165) is 22.5 Å². The van der Waals surface area contributed by atoms with Gasteiger partial charge in [0.2, 0.25) is 0 Å². The van der Waals surface area contributed by atoms with Gasteiger partial charge in [-0.3, -0.25) is 0 Å². The smallest absolute Gasteiger partial charge is 0.0702 e. The van der Waals surface area contributed by atoms with Gasteiger partial charge in [-0.2, -0.15) is 0 Å². The summed E-state index contributed by atoms with van der Waals surface area (Å²) in [6.45, 7) is 0.00358.